The molecule has 1 atom stereocenters. The minimum atomic E-state index is -3.27. The van der Waals surface area contributed by atoms with E-state index in [1.54, 1.807) is 31.4 Å². The standard InChI is InChI=1S/C25H31N5O4S2/c1-34-22-12-10-21(11-13-22)26-23(31)18-35-25-28-27-24(20-9-6-15-29(17-20)36(2,32)33)30(25)16-14-19-7-4-3-5-8-19/h3-5,7-8,10-13,20H,6,9,14-18H2,1-2H3,(H,26,31)/t20-/m0/s1. The van der Waals surface area contributed by atoms with E-state index in [0.717, 1.165) is 30.8 Å². The molecule has 1 aliphatic rings. The molecule has 0 aliphatic carbocycles. The summed E-state index contributed by atoms with van der Waals surface area (Å²) in [5, 5.41) is 12.4. The van der Waals surface area contributed by atoms with Crippen molar-refractivity contribution >= 4 is 33.4 Å². The number of nitrogens with one attached hydrogen (secondary N) is 1. The molecule has 1 amide bonds. The van der Waals surface area contributed by atoms with Crippen molar-refractivity contribution in [2.75, 3.05) is 37.5 Å². The van der Waals surface area contributed by atoms with Crippen molar-refractivity contribution in [3.63, 3.8) is 0 Å². The van der Waals surface area contributed by atoms with Crippen LogP contribution in [0, 0.1) is 0 Å². The van der Waals surface area contributed by atoms with Gasteiger partial charge in [0.05, 0.1) is 19.1 Å². The molecule has 36 heavy (non-hydrogen) atoms. The maximum Gasteiger partial charge on any atom is 0.234 e. The summed E-state index contributed by atoms with van der Waals surface area (Å²) >= 11 is 1.33. The number of hydrogen-bond acceptors (Lipinski definition) is 7. The van der Waals surface area contributed by atoms with E-state index in [1.165, 1.54) is 27.9 Å². The van der Waals surface area contributed by atoms with Crippen LogP contribution in [-0.2, 0) is 27.8 Å². The second-order valence-electron chi connectivity index (χ2n) is 8.75. The molecule has 192 valence electrons. The van der Waals surface area contributed by atoms with Crippen LogP contribution < -0.4 is 10.1 Å². The lowest BCUT2D eigenvalue weighted by Gasteiger charge is -2.30. The monoisotopic (exact) mass is 529 g/mol. The molecule has 4 rings (SSSR count). The van der Waals surface area contributed by atoms with Gasteiger partial charge in [0.15, 0.2) is 5.16 Å². The predicted molar refractivity (Wildman–Crippen MR) is 141 cm³/mol. The number of thioether (sulfide) groups is 1. The number of ether oxygens (including phenoxy) is 1. The largest absolute Gasteiger partial charge is 0.497 e. The fourth-order valence-corrected chi connectivity index (χ4v) is 5.94. The zero-order chi connectivity index (χ0) is 25.5. The molecular formula is C25H31N5O4S2. The summed E-state index contributed by atoms with van der Waals surface area (Å²) in [6, 6.07) is 17.3. The first-order chi connectivity index (χ1) is 17.3. The van der Waals surface area contributed by atoms with Gasteiger partial charge in [0.1, 0.15) is 11.6 Å². The average Bonchev–Trinajstić information content (AvgIpc) is 3.29. The quantitative estimate of drug-likeness (QED) is 0.401. The van der Waals surface area contributed by atoms with E-state index in [4.69, 9.17) is 4.74 Å². The first-order valence-electron chi connectivity index (χ1n) is 11.8. The number of methoxy groups -OCH3 is 1. The number of hydrogen-bond donors (Lipinski definition) is 1. The number of carbonyl (C=O) groups excluding carboxylic acids is 1. The molecule has 1 N–H and O–H groups in total. The van der Waals surface area contributed by atoms with Crippen molar-refractivity contribution in [3.05, 3.63) is 66.0 Å². The number of rotatable bonds is 10. The fraction of sp³-hybridized carbons (Fsp3) is 0.400. The van der Waals surface area contributed by atoms with Gasteiger partial charge in [0.2, 0.25) is 15.9 Å². The van der Waals surface area contributed by atoms with Crippen LogP contribution in [0.25, 0.3) is 0 Å². The Morgan fingerprint density at radius 2 is 1.89 bits per heavy atom. The van der Waals surface area contributed by atoms with Crippen molar-refractivity contribution in [3.8, 4) is 5.75 Å². The van der Waals surface area contributed by atoms with E-state index >= 15 is 0 Å². The second-order valence-corrected chi connectivity index (χ2v) is 11.7. The van der Waals surface area contributed by atoms with E-state index in [-0.39, 0.29) is 17.6 Å². The Morgan fingerprint density at radius 3 is 2.58 bits per heavy atom. The lowest BCUT2D eigenvalue weighted by molar-refractivity contribution is -0.113. The third kappa shape index (κ3) is 6.86. The SMILES string of the molecule is COc1ccc(NC(=O)CSc2nnc([C@H]3CCCN(S(C)(=O)=O)C3)n2CCc2ccccc2)cc1. The number of benzene rings is 2. The third-order valence-electron chi connectivity index (χ3n) is 6.14. The fourth-order valence-electron chi connectivity index (χ4n) is 4.26. The lowest BCUT2D eigenvalue weighted by Crippen LogP contribution is -2.39. The minimum Gasteiger partial charge on any atom is -0.497 e. The van der Waals surface area contributed by atoms with Crippen LogP contribution in [0.5, 0.6) is 5.75 Å². The van der Waals surface area contributed by atoms with Crippen LogP contribution >= 0.6 is 11.8 Å². The van der Waals surface area contributed by atoms with Gasteiger partial charge in [-0.25, -0.2) is 12.7 Å². The number of sulfonamides is 1. The smallest absolute Gasteiger partial charge is 0.234 e. The van der Waals surface area contributed by atoms with E-state index in [9.17, 15) is 13.2 Å². The summed E-state index contributed by atoms with van der Waals surface area (Å²) in [4.78, 5) is 12.6. The van der Waals surface area contributed by atoms with Crippen LogP contribution in [-0.4, -0.2) is 65.6 Å². The highest BCUT2D eigenvalue weighted by Gasteiger charge is 2.30. The van der Waals surface area contributed by atoms with E-state index < -0.39 is 10.0 Å². The van der Waals surface area contributed by atoms with Gasteiger partial charge >= 0.3 is 0 Å². The predicted octanol–water partition coefficient (Wildman–Crippen LogP) is 3.40. The topological polar surface area (TPSA) is 106 Å². The highest BCUT2D eigenvalue weighted by atomic mass is 32.2. The molecule has 0 radical (unpaired) electrons. The Balaban J connectivity index is 1.48. The van der Waals surface area contributed by atoms with Gasteiger partial charge in [-0.2, -0.15) is 0 Å². The molecule has 1 saturated heterocycles. The van der Waals surface area contributed by atoms with E-state index in [0.29, 0.717) is 30.5 Å². The zero-order valence-electron chi connectivity index (χ0n) is 20.5. The van der Waals surface area contributed by atoms with Gasteiger partial charge in [-0.05, 0) is 49.1 Å². The molecule has 3 aromatic rings. The van der Waals surface area contributed by atoms with Crippen LogP contribution in [0.3, 0.4) is 0 Å². The number of piperidine rings is 1. The first kappa shape index (κ1) is 26.2. The van der Waals surface area contributed by atoms with Crippen LogP contribution in [0.1, 0.15) is 30.1 Å². The average molecular weight is 530 g/mol. The molecule has 0 unspecified atom stereocenters. The molecule has 0 bridgehead atoms. The highest BCUT2D eigenvalue weighted by Crippen LogP contribution is 2.30. The number of amides is 1. The number of aromatic nitrogens is 3. The van der Waals surface area contributed by atoms with Crippen LogP contribution in [0.2, 0.25) is 0 Å². The molecule has 2 heterocycles. The van der Waals surface area contributed by atoms with Gasteiger partial charge in [-0.3, -0.25) is 4.79 Å². The van der Waals surface area contributed by atoms with Gasteiger partial charge in [0.25, 0.3) is 0 Å². The summed E-state index contributed by atoms with van der Waals surface area (Å²) in [5.41, 5.74) is 1.88. The minimum absolute atomic E-state index is 0.0424. The number of nitrogens with zero attached hydrogens (tertiary/aromatic N) is 4. The Morgan fingerprint density at radius 1 is 1.14 bits per heavy atom. The summed E-state index contributed by atoms with van der Waals surface area (Å²) in [5.74, 6) is 1.48. The van der Waals surface area contributed by atoms with Crippen molar-refractivity contribution in [2.24, 2.45) is 0 Å². The van der Waals surface area contributed by atoms with E-state index in [1.807, 2.05) is 18.2 Å². The lowest BCUT2D eigenvalue weighted by atomic mass is 9.98. The van der Waals surface area contributed by atoms with Crippen LogP contribution in [0.4, 0.5) is 5.69 Å². The number of aryl methyl sites for hydroxylation is 1. The summed E-state index contributed by atoms with van der Waals surface area (Å²) in [6.07, 6.45) is 3.65. The van der Waals surface area contributed by atoms with Gasteiger partial charge in [-0.15, -0.1) is 10.2 Å². The van der Waals surface area contributed by atoms with Gasteiger partial charge in [-0.1, -0.05) is 42.1 Å². The third-order valence-corrected chi connectivity index (χ3v) is 8.37. The summed E-state index contributed by atoms with van der Waals surface area (Å²) in [6.45, 7) is 1.57. The maximum absolute atomic E-state index is 12.6. The van der Waals surface area contributed by atoms with Crippen LogP contribution in [0.15, 0.2) is 59.8 Å². The number of carbonyl (C=O) groups is 1. The number of anilines is 1. The van der Waals surface area contributed by atoms with Crippen molar-refractivity contribution in [2.45, 2.75) is 36.9 Å². The Kier molecular flexibility index (Phi) is 8.65. The van der Waals surface area contributed by atoms with Crippen molar-refractivity contribution < 1.29 is 17.9 Å². The van der Waals surface area contributed by atoms with Gasteiger partial charge in [0, 0.05) is 31.2 Å². The van der Waals surface area contributed by atoms with E-state index in [2.05, 4.69) is 32.2 Å². The molecule has 1 aromatic heterocycles. The summed E-state index contributed by atoms with van der Waals surface area (Å²) in [7, 11) is -1.68. The molecule has 1 aliphatic heterocycles. The van der Waals surface area contributed by atoms with Gasteiger partial charge < -0.3 is 14.6 Å². The second kappa shape index (κ2) is 11.9. The molecule has 0 saturated carbocycles. The highest BCUT2D eigenvalue weighted by molar-refractivity contribution is 7.99. The molecule has 11 heteroatoms. The molecular weight excluding hydrogens is 498 g/mol. The molecule has 9 nitrogen and oxygen atoms in total. The van der Waals surface area contributed by atoms with Crippen molar-refractivity contribution in [1.29, 1.82) is 0 Å². The first-order valence-corrected chi connectivity index (χ1v) is 14.7. The molecule has 1 fully saturated rings. The Labute approximate surface area is 216 Å². The molecule has 2 aromatic carbocycles. The normalized spacial score (nSPS) is 16.6. The van der Waals surface area contributed by atoms with Crippen molar-refractivity contribution in [1.82, 2.24) is 19.1 Å². The Hall–Kier alpha value is -2.89. The Bertz CT molecular complexity index is 1260. The zero-order valence-corrected chi connectivity index (χ0v) is 22.1. The molecule has 0 spiro atoms. The summed E-state index contributed by atoms with van der Waals surface area (Å²) < 4.78 is 33.0. The maximum atomic E-state index is 12.6.